The molecule has 0 aromatic rings. The van der Waals surface area contributed by atoms with Gasteiger partial charge in [-0.2, -0.15) is 0 Å². The monoisotopic (exact) mass is 154 g/mol. The summed E-state index contributed by atoms with van der Waals surface area (Å²) in [6, 6.07) is 0. The van der Waals surface area contributed by atoms with E-state index in [4.69, 9.17) is 5.73 Å². The molecule has 0 fully saturated rings. The fourth-order valence-electron chi connectivity index (χ4n) is 0.907. The Balaban J connectivity index is 2.33. The van der Waals surface area contributed by atoms with E-state index in [-0.39, 0.29) is 6.29 Å². The largest absolute Gasteiger partial charge is 0.328 e. The number of hydrogen-bond acceptors (Lipinski definition) is 4. The lowest BCUT2D eigenvalue weighted by Crippen LogP contribution is -2.41. The van der Waals surface area contributed by atoms with Crippen LogP contribution in [0.4, 0.5) is 0 Å². The van der Waals surface area contributed by atoms with Crippen LogP contribution in [0.1, 0.15) is 19.8 Å². The van der Waals surface area contributed by atoms with E-state index < -0.39 is 0 Å². The Bertz CT molecular complexity index is 164. The predicted molar refractivity (Wildman–Crippen MR) is 46.6 cm³/mol. The van der Waals surface area contributed by atoms with Gasteiger partial charge in [0.25, 0.3) is 0 Å². The van der Waals surface area contributed by atoms with E-state index >= 15 is 0 Å². The minimum atomic E-state index is -0.223. The van der Waals surface area contributed by atoms with Gasteiger partial charge in [-0.05, 0) is 6.42 Å². The van der Waals surface area contributed by atoms with Crippen LogP contribution < -0.4 is 5.73 Å². The van der Waals surface area contributed by atoms with Gasteiger partial charge in [-0.15, -0.1) is 0 Å². The van der Waals surface area contributed by atoms with E-state index in [1.54, 1.807) is 6.34 Å². The molecule has 1 heterocycles. The Hall–Kier alpha value is -0.900. The molecule has 0 aliphatic carbocycles. The second kappa shape index (κ2) is 4.08. The van der Waals surface area contributed by atoms with Crippen molar-refractivity contribution in [3.8, 4) is 0 Å². The highest BCUT2D eigenvalue weighted by Crippen LogP contribution is 1.98. The summed E-state index contributed by atoms with van der Waals surface area (Å²) in [6.45, 7) is 3.09. The van der Waals surface area contributed by atoms with Gasteiger partial charge in [0.1, 0.15) is 6.34 Å². The van der Waals surface area contributed by atoms with Crippen molar-refractivity contribution in [1.29, 1.82) is 0 Å². The highest BCUT2D eigenvalue weighted by molar-refractivity contribution is 5.73. The molecule has 0 saturated heterocycles. The first-order valence-electron chi connectivity index (χ1n) is 3.91. The summed E-state index contributed by atoms with van der Waals surface area (Å²) >= 11 is 0. The van der Waals surface area contributed by atoms with Gasteiger partial charge in [0, 0.05) is 6.54 Å². The van der Waals surface area contributed by atoms with Crippen LogP contribution in [0.15, 0.2) is 9.98 Å². The fraction of sp³-hybridized carbons (Fsp3) is 0.714. The van der Waals surface area contributed by atoms with E-state index in [2.05, 4.69) is 16.9 Å². The predicted octanol–water partition coefficient (Wildman–Crippen LogP) is 0.401. The van der Waals surface area contributed by atoms with Crippen molar-refractivity contribution >= 4 is 12.7 Å². The second-order valence-corrected chi connectivity index (χ2v) is 2.53. The molecule has 0 radical (unpaired) electrons. The van der Waals surface area contributed by atoms with E-state index in [9.17, 15) is 0 Å². The summed E-state index contributed by atoms with van der Waals surface area (Å²) in [5.41, 5.74) is 5.66. The number of hydrogen-bond donors (Lipinski definition) is 1. The van der Waals surface area contributed by atoms with Crippen LogP contribution in [0.5, 0.6) is 0 Å². The molecule has 4 heteroatoms. The minimum Gasteiger partial charge on any atom is -0.328 e. The van der Waals surface area contributed by atoms with Crippen LogP contribution in [0.25, 0.3) is 0 Å². The fourth-order valence-corrected chi connectivity index (χ4v) is 0.907. The van der Waals surface area contributed by atoms with E-state index in [1.165, 1.54) is 12.8 Å². The molecule has 0 aromatic carbocycles. The smallest absolute Gasteiger partial charge is 0.176 e. The molecule has 4 nitrogen and oxygen atoms in total. The van der Waals surface area contributed by atoms with Crippen molar-refractivity contribution in [2.24, 2.45) is 15.7 Å². The zero-order chi connectivity index (χ0) is 8.10. The van der Waals surface area contributed by atoms with Crippen LogP contribution in [0, 0.1) is 0 Å². The van der Waals surface area contributed by atoms with Crippen LogP contribution in [-0.4, -0.2) is 30.4 Å². The van der Waals surface area contributed by atoms with Gasteiger partial charge in [-0.1, -0.05) is 13.3 Å². The summed E-state index contributed by atoms with van der Waals surface area (Å²) in [5, 5.41) is 0. The van der Waals surface area contributed by atoms with Crippen molar-refractivity contribution < 1.29 is 0 Å². The maximum absolute atomic E-state index is 5.66. The van der Waals surface area contributed by atoms with Crippen molar-refractivity contribution in [2.75, 3.05) is 6.54 Å². The Kier molecular flexibility index (Phi) is 3.04. The van der Waals surface area contributed by atoms with Crippen LogP contribution in [-0.2, 0) is 0 Å². The second-order valence-electron chi connectivity index (χ2n) is 2.53. The number of rotatable bonds is 3. The highest BCUT2D eigenvalue weighted by Gasteiger charge is 2.09. The molecule has 0 saturated carbocycles. The summed E-state index contributed by atoms with van der Waals surface area (Å²) in [4.78, 5) is 9.77. The van der Waals surface area contributed by atoms with Crippen LogP contribution in [0.3, 0.4) is 0 Å². The van der Waals surface area contributed by atoms with Gasteiger partial charge in [0.15, 0.2) is 6.29 Å². The van der Waals surface area contributed by atoms with Gasteiger partial charge < -0.3 is 4.90 Å². The first-order valence-corrected chi connectivity index (χ1v) is 3.91. The summed E-state index contributed by atoms with van der Waals surface area (Å²) in [6.07, 6.45) is 5.32. The van der Waals surface area contributed by atoms with Crippen molar-refractivity contribution in [1.82, 2.24) is 4.90 Å². The zero-order valence-corrected chi connectivity index (χ0v) is 6.77. The molecular formula is C7H14N4. The van der Waals surface area contributed by atoms with Gasteiger partial charge >= 0.3 is 0 Å². The van der Waals surface area contributed by atoms with Gasteiger partial charge in [0.2, 0.25) is 0 Å². The Morgan fingerprint density at radius 1 is 1.64 bits per heavy atom. The molecule has 1 rings (SSSR count). The number of unbranched alkanes of at least 4 members (excludes halogenated alkanes) is 1. The average molecular weight is 154 g/mol. The standard InChI is InChI=1S/C7H14N4/c1-2-3-4-11-6-9-5-10-7(11)8/h5-7H,2-4,8H2,1H3. The van der Waals surface area contributed by atoms with E-state index in [0.717, 1.165) is 13.0 Å². The van der Waals surface area contributed by atoms with Crippen molar-refractivity contribution in [2.45, 2.75) is 26.1 Å². The molecule has 2 N–H and O–H groups in total. The molecule has 1 aliphatic rings. The van der Waals surface area contributed by atoms with Crippen LogP contribution in [0.2, 0.25) is 0 Å². The molecule has 0 amide bonds. The molecule has 0 bridgehead atoms. The normalized spacial score (nSPS) is 22.7. The lowest BCUT2D eigenvalue weighted by Gasteiger charge is -2.24. The number of aliphatic imine (C=N–C) groups is 2. The maximum atomic E-state index is 5.66. The quantitative estimate of drug-likeness (QED) is 0.639. The van der Waals surface area contributed by atoms with Crippen LogP contribution >= 0.6 is 0 Å². The molecule has 1 unspecified atom stereocenters. The third kappa shape index (κ3) is 2.31. The average Bonchev–Trinajstić information content (AvgIpc) is 2.03. The third-order valence-electron chi connectivity index (χ3n) is 1.61. The van der Waals surface area contributed by atoms with Gasteiger partial charge in [-0.3, -0.25) is 5.73 Å². The molecule has 1 atom stereocenters. The Morgan fingerprint density at radius 2 is 2.45 bits per heavy atom. The SMILES string of the molecule is CCCCN1C=NC=NC1N. The molecule has 0 aromatic heterocycles. The zero-order valence-electron chi connectivity index (χ0n) is 6.77. The minimum absolute atomic E-state index is 0.223. The number of nitrogens with zero attached hydrogens (tertiary/aromatic N) is 3. The first-order chi connectivity index (χ1) is 5.34. The molecule has 0 spiro atoms. The molecule has 11 heavy (non-hydrogen) atoms. The van der Waals surface area contributed by atoms with E-state index in [1.807, 2.05) is 4.90 Å². The summed E-state index contributed by atoms with van der Waals surface area (Å²) in [7, 11) is 0. The molecular weight excluding hydrogens is 140 g/mol. The first kappa shape index (κ1) is 8.20. The Labute approximate surface area is 66.8 Å². The number of nitrogens with two attached hydrogens (primary N) is 1. The van der Waals surface area contributed by atoms with E-state index in [0.29, 0.717) is 0 Å². The summed E-state index contributed by atoms with van der Waals surface area (Å²) < 4.78 is 0. The molecule has 62 valence electrons. The lowest BCUT2D eigenvalue weighted by molar-refractivity contribution is 0.327. The van der Waals surface area contributed by atoms with Crippen molar-refractivity contribution in [3.63, 3.8) is 0 Å². The van der Waals surface area contributed by atoms with Gasteiger partial charge in [0.05, 0.1) is 6.34 Å². The highest BCUT2D eigenvalue weighted by atomic mass is 15.3. The third-order valence-corrected chi connectivity index (χ3v) is 1.61. The van der Waals surface area contributed by atoms with Crippen molar-refractivity contribution in [3.05, 3.63) is 0 Å². The molecule has 1 aliphatic heterocycles. The summed E-state index contributed by atoms with van der Waals surface area (Å²) in [5.74, 6) is 0. The van der Waals surface area contributed by atoms with Gasteiger partial charge in [-0.25, -0.2) is 9.98 Å². The Morgan fingerprint density at radius 3 is 3.09 bits per heavy atom. The topological polar surface area (TPSA) is 54.0 Å². The maximum Gasteiger partial charge on any atom is 0.176 e. The lowest BCUT2D eigenvalue weighted by atomic mass is 10.3.